The second-order valence-electron chi connectivity index (χ2n) is 6.75. The maximum atomic E-state index is 12.5. The van der Waals surface area contributed by atoms with E-state index in [4.69, 9.17) is 16.3 Å². The number of rotatable bonds is 5. The number of halogens is 2. The highest BCUT2D eigenvalue weighted by molar-refractivity contribution is 9.10. The number of allylic oxidation sites excluding steroid dienone is 2. The van der Waals surface area contributed by atoms with Gasteiger partial charge in [0.2, 0.25) is 5.95 Å². The summed E-state index contributed by atoms with van der Waals surface area (Å²) in [6.07, 6.45) is 1.47. The van der Waals surface area contributed by atoms with Gasteiger partial charge in [0.1, 0.15) is 24.7 Å². The van der Waals surface area contributed by atoms with E-state index >= 15 is 0 Å². The van der Waals surface area contributed by atoms with Crippen LogP contribution in [0, 0.1) is 0 Å². The summed E-state index contributed by atoms with van der Waals surface area (Å²) in [5.74, 6) is 1.22. The number of carbonyl (C=O) groups excluding carboxylic acids is 1. The number of nitrogens with zero attached hydrogens (tertiary/aromatic N) is 3. The standard InChI is InChI=1S/C21H18BrClN4O2/c1-12-19(13(2)28)20(27-21(26-12)24-11-25-27)17-9-15(22)5-8-18(17)29-10-14-3-6-16(23)7-4-14/h3-9,11,20H,10H2,1-2H3,(H,24,25,26). The van der Waals surface area contributed by atoms with Crippen LogP contribution in [0.25, 0.3) is 0 Å². The minimum absolute atomic E-state index is 0.0372. The molecule has 6 nitrogen and oxygen atoms in total. The molecule has 0 amide bonds. The molecule has 1 aliphatic rings. The molecule has 2 aromatic carbocycles. The Kier molecular flexibility index (Phi) is 5.43. The number of hydrogen-bond acceptors (Lipinski definition) is 5. The summed E-state index contributed by atoms with van der Waals surface area (Å²) in [5.41, 5.74) is 3.20. The van der Waals surface area contributed by atoms with Crippen LogP contribution in [-0.2, 0) is 11.4 Å². The van der Waals surface area contributed by atoms with Crippen LogP contribution in [0.1, 0.15) is 31.0 Å². The number of anilines is 1. The third kappa shape index (κ3) is 3.93. The van der Waals surface area contributed by atoms with E-state index in [9.17, 15) is 4.79 Å². The molecule has 0 fully saturated rings. The fourth-order valence-electron chi connectivity index (χ4n) is 3.44. The molecule has 1 aliphatic heterocycles. The molecular formula is C21H18BrClN4O2. The monoisotopic (exact) mass is 472 g/mol. The largest absolute Gasteiger partial charge is 0.489 e. The first-order valence-electron chi connectivity index (χ1n) is 8.99. The number of benzene rings is 2. The number of nitrogens with one attached hydrogen (secondary N) is 1. The molecule has 148 valence electrons. The molecule has 0 saturated carbocycles. The number of carbonyl (C=O) groups is 1. The van der Waals surface area contributed by atoms with E-state index in [1.54, 1.807) is 11.6 Å². The van der Waals surface area contributed by atoms with Crippen LogP contribution in [-0.4, -0.2) is 20.5 Å². The zero-order valence-electron chi connectivity index (χ0n) is 15.8. The number of ketones is 1. The van der Waals surface area contributed by atoms with Gasteiger partial charge in [0.05, 0.1) is 0 Å². The van der Waals surface area contributed by atoms with Crippen LogP contribution in [0.5, 0.6) is 5.75 Å². The lowest BCUT2D eigenvalue weighted by atomic mass is 9.92. The molecule has 29 heavy (non-hydrogen) atoms. The molecule has 2 heterocycles. The number of fused-ring (bicyclic) bond motifs is 1. The Bertz CT molecular complexity index is 1110. The third-order valence-corrected chi connectivity index (χ3v) is 5.49. The molecule has 0 bridgehead atoms. The molecule has 4 rings (SSSR count). The quantitative estimate of drug-likeness (QED) is 0.555. The van der Waals surface area contributed by atoms with Gasteiger partial charge in [0.25, 0.3) is 0 Å². The molecule has 8 heteroatoms. The molecule has 0 saturated heterocycles. The number of hydrogen-bond donors (Lipinski definition) is 1. The summed E-state index contributed by atoms with van der Waals surface area (Å²) in [7, 11) is 0. The second-order valence-corrected chi connectivity index (χ2v) is 8.10. The van der Waals surface area contributed by atoms with Gasteiger partial charge in [0.15, 0.2) is 5.78 Å². The molecule has 0 spiro atoms. The summed E-state index contributed by atoms with van der Waals surface area (Å²) in [6.45, 7) is 3.80. The van der Waals surface area contributed by atoms with Gasteiger partial charge in [0, 0.05) is 26.3 Å². The normalized spacial score (nSPS) is 15.7. The van der Waals surface area contributed by atoms with Gasteiger partial charge in [-0.3, -0.25) is 4.79 Å². The van der Waals surface area contributed by atoms with Crippen molar-refractivity contribution < 1.29 is 9.53 Å². The Morgan fingerprint density at radius 3 is 2.76 bits per heavy atom. The summed E-state index contributed by atoms with van der Waals surface area (Å²) in [5, 5.41) is 8.18. The van der Waals surface area contributed by atoms with Crippen molar-refractivity contribution in [3.8, 4) is 5.75 Å². The summed E-state index contributed by atoms with van der Waals surface area (Å²) in [4.78, 5) is 16.8. The molecule has 0 aliphatic carbocycles. The molecule has 0 radical (unpaired) electrons. The van der Waals surface area contributed by atoms with Gasteiger partial charge < -0.3 is 10.1 Å². The maximum absolute atomic E-state index is 12.5. The third-order valence-electron chi connectivity index (χ3n) is 4.75. The van der Waals surface area contributed by atoms with Crippen molar-refractivity contribution in [1.82, 2.24) is 14.8 Å². The van der Waals surface area contributed by atoms with Crippen LogP contribution in [0.2, 0.25) is 5.02 Å². The van der Waals surface area contributed by atoms with E-state index in [1.165, 1.54) is 6.33 Å². The first-order chi connectivity index (χ1) is 13.9. The van der Waals surface area contributed by atoms with Crippen molar-refractivity contribution in [1.29, 1.82) is 0 Å². The first kappa shape index (κ1) is 19.7. The molecule has 3 aromatic rings. The molecule has 1 aromatic heterocycles. The Hall–Kier alpha value is -2.64. The average Bonchev–Trinajstić information content (AvgIpc) is 3.15. The van der Waals surface area contributed by atoms with Crippen molar-refractivity contribution in [2.45, 2.75) is 26.5 Å². The summed E-state index contributed by atoms with van der Waals surface area (Å²) < 4.78 is 8.74. The van der Waals surface area contributed by atoms with Gasteiger partial charge in [-0.15, -0.1) is 0 Å². The predicted molar refractivity (Wildman–Crippen MR) is 115 cm³/mol. The predicted octanol–water partition coefficient (Wildman–Crippen LogP) is 5.15. The summed E-state index contributed by atoms with van der Waals surface area (Å²) >= 11 is 9.50. The SMILES string of the molecule is CC(=O)C1=C(C)Nc2ncnn2C1c1cc(Br)ccc1OCc1ccc(Cl)cc1. The Morgan fingerprint density at radius 1 is 1.28 bits per heavy atom. The highest BCUT2D eigenvalue weighted by Crippen LogP contribution is 2.40. The highest BCUT2D eigenvalue weighted by atomic mass is 79.9. The van der Waals surface area contributed by atoms with Crippen LogP contribution in [0.4, 0.5) is 5.95 Å². The van der Waals surface area contributed by atoms with Gasteiger partial charge >= 0.3 is 0 Å². The van der Waals surface area contributed by atoms with Gasteiger partial charge in [-0.1, -0.05) is 39.7 Å². The van der Waals surface area contributed by atoms with Crippen molar-refractivity contribution in [2.24, 2.45) is 0 Å². The fraction of sp³-hybridized carbons (Fsp3) is 0.190. The minimum atomic E-state index is -0.441. The topological polar surface area (TPSA) is 69.0 Å². The van der Waals surface area contributed by atoms with Crippen molar-refractivity contribution in [2.75, 3.05) is 5.32 Å². The van der Waals surface area contributed by atoms with Crippen LogP contribution < -0.4 is 10.1 Å². The molecular weight excluding hydrogens is 456 g/mol. The average molecular weight is 474 g/mol. The molecule has 1 atom stereocenters. The minimum Gasteiger partial charge on any atom is -0.489 e. The van der Waals surface area contributed by atoms with E-state index < -0.39 is 6.04 Å². The van der Waals surface area contributed by atoms with E-state index in [-0.39, 0.29) is 5.78 Å². The maximum Gasteiger partial charge on any atom is 0.226 e. The van der Waals surface area contributed by atoms with Gasteiger partial charge in [-0.25, -0.2) is 4.68 Å². The highest BCUT2D eigenvalue weighted by Gasteiger charge is 2.33. The van der Waals surface area contributed by atoms with E-state index in [0.717, 1.165) is 21.3 Å². The lowest BCUT2D eigenvalue weighted by Crippen LogP contribution is -2.28. The smallest absolute Gasteiger partial charge is 0.226 e. The van der Waals surface area contributed by atoms with Crippen LogP contribution >= 0.6 is 27.5 Å². The van der Waals surface area contributed by atoms with Gasteiger partial charge in [-0.05, 0) is 49.7 Å². The molecule has 1 unspecified atom stereocenters. The Balaban J connectivity index is 1.76. The van der Waals surface area contributed by atoms with E-state index in [0.29, 0.717) is 28.9 Å². The lowest BCUT2D eigenvalue weighted by Gasteiger charge is -2.29. The van der Waals surface area contributed by atoms with Crippen LogP contribution in [0.3, 0.4) is 0 Å². The second kappa shape index (κ2) is 8.00. The number of Topliss-reactive ketones (excluding diaryl/α,β-unsaturated/α-hetero) is 1. The zero-order chi connectivity index (χ0) is 20.5. The van der Waals surface area contributed by atoms with Crippen LogP contribution in [0.15, 0.2) is 64.5 Å². The molecule has 1 N–H and O–H groups in total. The Labute approximate surface area is 181 Å². The van der Waals surface area contributed by atoms with E-state index in [1.807, 2.05) is 49.4 Å². The fourth-order valence-corrected chi connectivity index (χ4v) is 3.95. The van der Waals surface area contributed by atoms with Crippen molar-refractivity contribution in [3.63, 3.8) is 0 Å². The number of aromatic nitrogens is 3. The Morgan fingerprint density at radius 2 is 2.03 bits per heavy atom. The summed E-state index contributed by atoms with van der Waals surface area (Å²) in [6, 6.07) is 12.8. The first-order valence-corrected chi connectivity index (χ1v) is 10.2. The van der Waals surface area contributed by atoms with Crippen molar-refractivity contribution in [3.05, 3.63) is 80.7 Å². The zero-order valence-corrected chi connectivity index (χ0v) is 18.2. The lowest BCUT2D eigenvalue weighted by molar-refractivity contribution is -0.114. The number of ether oxygens (including phenoxy) is 1. The van der Waals surface area contributed by atoms with Gasteiger partial charge in [-0.2, -0.15) is 10.1 Å². The van der Waals surface area contributed by atoms with Crippen molar-refractivity contribution >= 4 is 39.3 Å². The van der Waals surface area contributed by atoms with E-state index in [2.05, 4.69) is 31.3 Å².